The average Bonchev–Trinajstić information content (AvgIpc) is 4.24. The largest absolute Gasteiger partial charge is 0.313 e. The van der Waals surface area contributed by atoms with E-state index in [2.05, 4.69) is 255 Å². The fraction of sp³-hybridized carbons (Fsp3) is 0.0833. The van der Waals surface area contributed by atoms with Gasteiger partial charge in [-0.3, -0.25) is 0 Å². The van der Waals surface area contributed by atoms with Gasteiger partial charge in [-0.25, -0.2) is 0 Å². The van der Waals surface area contributed by atoms with Crippen LogP contribution in [-0.4, -0.2) is 18.3 Å². The smallest absolute Gasteiger partial charge is 0.0541 e. The lowest BCUT2D eigenvalue weighted by atomic mass is 9.85. The molecule has 0 spiro atoms. The van der Waals surface area contributed by atoms with Crippen LogP contribution in [0.4, 0.5) is 0 Å². The molecule has 0 aliphatic heterocycles. The van der Waals surface area contributed by atoms with Crippen molar-refractivity contribution >= 4 is 93.8 Å². The van der Waals surface area contributed by atoms with Gasteiger partial charge in [-0.1, -0.05) is 109 Å². The maximum atomic E-state index is 2.54. The Balaban J connectivity index is 0.959. The molecule has 4 heterocycles. The van der Waals surface area contributed by atoms with Crippen LogP contribution in [0, 0.1) is 0 Å². The molecule has 16 bridgehead atoms. The summed E-state index contributed by atoms with van der Waals surface area (Å²) in [6, 6.07) is 72.0. The van der Waals surface area contributed by atoms with Crippen LogP contribution in [0.3, 0.4) is 0 Å². The number of fused-ring (bicyclic) bond motifs is 12. The fourth-order valence-electron chi connectivity index (χ4n) is 13.7. The second-order valence-corrected chi connectivity index (χ2v) is 21.4. The van der Waals surface area contributed by atoms with Crippen molar-refractivity contribution in [2.45, 2.75) is 38.0 Å². The van der Waals surface area contributed by atoms with E-state index in [4.69, 9.17) is 0 Å². The Morgan fingerprint density at radius 2 is 0.829 bits per heavy atom. The van der Waals surface area contributed by atoms with E-state index >= 15 is 0 Å². The normalized spacial score (nSPS) is 15.8. The molecule has 0 N–H and O–H groups in total. The van der Waals surface area contributed by atoms with Crippen LogP contribution < -0.4 is 0 Å². The van der Waals surface area contributed by atoms with E-state index in [0.717, 1.165) is 43.5 Å². The molecule has 76 heavy (non-hydrogen) atoms. The Morgan fingerprint density at radius 3 is 1.30 bits per heavy atom. The number of para-hydroxylation sites is 2. The van der Waals surface area contributed by atoms with Crippen LogP contribution in [0.25, 0.3) is 139 Å². The highest BCUT2D eigenvalue weighted by molar-refractivity contribution is 6.15. The van der Waals surface area contributed by atoms with Crippen LogP contribution in [0.1, 0.15) is 48.4 Å². The SMILES string of the molecule is C1=CCCC(n2c3ccc4cc3c3cc(ccc32)C2C=Cc3c(c5cc(ccc5n3C3=CCCC=C3)-c3ccc5c(c3)c3cc(ccc3n5-c3ccccc3)-c3ccc5c(c3)c3cc-4ccc3n5-c3ccccc3)C2)=C1. The minimum Gasteiger partial charge on any atom is -0.313 e. The lowest BCUT2D eigenvalue weighted by Crippen LogP contribution is -2.08. The van der Waals surface area contributed by atoms with Crippen molar-refractivity contribution < 1.29 is 0 Å². The Labute approximate surface area is 440 Å². The fourth-order valence-corrected chi connectivity index (χ4v) is 13.7. The van der Waals surface area contributed by atoms with Gasteiger partial charge in [0.05, 0.1) is 38.6 Å². The van der Waals surface area contributed by atoms with Crippen molar-refractivity contribution in [1.29, 1.82) is 0 Å². The summed E-state index contributed by atoms with van der Waals surface area (Å²) in [6.07, 6.45) is 23.9. The van der Waals surface area contributed by atoms with Crippen molar-refractivity contribution in [1.82, 2.24) is 18.3 Å². The lowest BCUT2D eigenvalue weighted by molar-refractivity contribution is 0.827. The standard InChI is InChI=1S/C72H50N4/c1-5-13-53(14-6-1)73-65-29-21-45-37-57(65)58-38-46(22-30-66(58)73)48-24-32-68-60(40-48)62-42-50(26-34-70(62)75(68)55-17-9-3-10-18-55)52-28-36-72-64(44-52)63-43-51(27-35-71(63)76(72)56-19-11-4-12-20-56)49-25-33-69-61(41-49)59-39-47(45)23-31-67(59)74(69)54-15-7-2-8-16-54/h1-3,5-9,11,13-17,19-43,52H,4,10,12,18,44H2. The quantitative estimate of drug-likeness (QED) is 0.167. The van der Waals surface area contributed by atoms with E-state index in [0.29, 0.717) is 0 Å². The molecule has 13 aromatic rings. The van der Waals surface area contributed by atoms with Gasteiger partial charge in [-0.2, -0.15) is 0 Å². The van der Waals surface area contributed by atoms with Crippen LogP contribution in [0.5, 0.6) is 0 Å². The molecular weight excluding hydrogens is 921 g/mol. The first-order valence-corrected chi connectivity index (χ1v) is 27.1. The molecule has 9 aromatic carbocycles. The molecular formula is C72H50N4. The Bertz CT molecular complexity index is 4820. The van der Waals surface area contributed by atoms with Gasteiger partial charge in [0, 0.05) is 72.1 Å². The molecule has 1 unspecified atom stereocenters. The van der Waals surface area contributed by atoms with Crippen molar-refractivity contribution in [3.63, 3.8) is 0 Å². The van der Waals surface area contributed by atoms with Crippen LogP contribution >= 0.6 is 0 Å². The summed E-state index contributed by atoms with van der Waals surface area (Å²) in [5, 5.41) is 8.90. The van der Waals surface area contributed by atoms with E-state index in [9.17, 15) is 0 Å². The molecule has 1 atom stereocenters. The zero-order chi connectivity index (χ0) is 49.6. The summed E-state index contributed by atoms with van der Waals surface area (Å²) < 4.78 is 9.95. The first-order valence-electron chi connectivity index (χ1n) is 27.1. The maximum Gasteiger partial charge on any atom is 0.0541 e. The van der Waals surface area contributed by atoms with Gasteiger partial charge in [-0.15, -0.1) is 0 Å². The number of hydrogen-bond donors (Lipinski definition) is 0. The predicted octanol–water partition coefficient (Wildman–Crippen LogP) is 19.0. The molecule has 4 aliphatic carbocycles. The summed E-state index contributed by atoms with van der Waals surface area (Å²) in [7, 11) is 0. The van der Waals surface area contributed by atoms with Crippen molar-refractivity contribution in [2.24, 2.45) is 0 Å². The van der Waals surface area contributed by atoms with Crippen LogP contribution in [-0.2, 0) is 6.42 Å². The zero-order valence-electron chi connectivity index (χ0n) is 41.9. The van der Waals surface area contributed by atoms with Gasteiger partial charge in [0.25, 0.3) is 0 Å². The van der Waals surface area contributed by atoms with E-state index in [1.165, 1.54) is 138 Å². The third kappa shape index (κ3) is 6.13. The predicted molar refractivity (Wildman–Crippen MR) is 321 cm³/mol. The van der Waals surface area contributed by atoms with E-state index < -0.39 is 0 Å². The molecule has 4 aromatic heterocycles. The van der Waals surface area contributed by atoms with Gasteiger partial charge < -0.3 is 18.3 Å². The second kappa shape index (κ2) is 16.1. The average molecular weight is 971 g/mol. The van der Waals surface area contributed by atoms with Crippen molar-refractivity contribution in [3.8, 4) is 44.8 Å². The summed E-state index contributed by atoms with van der Waals surface area (Å²) in [4.78, 5) is 0. The molecule has 0 radical (unpaired) electrons. The van der Waals surface area contributed by atoms with Gasteiger partial charge in [0.15, 0.2) is 0 Å². The number of allylic oxidation sites excluding steroid dienone is 9. The molecule has 17 rings (SSSR count). The number of hydrogen-bond acceptors (Lipinski definition) is 0. The Hall–Kier alpha value is -9.38. The molecule has 0 fully saturated rings. The van der Waals surface area contributed by atoms with E-state index in [-0.39, 0.29) is 5.92 Å². The highest BCUT2D eigenvalue weighted by Crippen LogP contribution is 2.46. The molecule has 4 aliphatic rings. The molecule has 4 heteroatoms. The zero-order valence-corrected chi connectivity index (χ0v) is 41.9. The van der Waals surface area contributed by atoms with Gasteiger partial charge >= 0.3 is 0 Å². The van der Waals surface area contributed by atoms with Gasteiger partial charge in [0.2, 0.25) is 0 Å². The van der Waals surface area contributed by atoms with Crippen molar-refractivity contribution in [2.75, 3.05) is 0 Å². The molecule has 0 amide bonds. The summed E-state index contributed by atoms with van der Waals surface area (Å²) in [6.45, 7) is 0. The van der Waals surface area contributed by atoms with Gasteiger partial charge in [-0.05, 0) is 204 Å². The Morgan fingerprint density at radius 1 is 0.368 bits per heavy atom. The second-order valence-electron chi connectivity index (χ2n) is 21.4. The number of benzene rings is 9. The number of aromatic nitrogens is 4. The monoisotopic (exact) mass is 970 g/mol. The highest BCUT2D eigenvalue weighted by atomic mass is 15.0. The summed E-state index contributed by atoms with van der Waals surface area (Å²) >= 11 is 0. The lowest BCUT2D eigenvalue weighted by Gasteiger charge is -2.20. The number of rotatable bonds is 4. The summed E-state index contributed by atoms with van der Waals surface area (Å²) in [5.41, 5.74) is 24.9. The molecule has 4 nitrogen and oxygen atoms in total. The first-order chi connectivity index (χ1) is 37.7. The summed E-state index contributed by atoms with van der Waals surface area (Å²) in [5.74, 6) is 0.211. The maximum absolute atomic E-state index is 2.54. The highest BCUT2D eigenvalue weighted by Gasteiger charge is 2.27. The first kappa shape index (κ1) is 42.0. The molecule has 0 saturated heterocycles. The van der Waals surface area contributed by atoms with Crippen molar-refractivity contribution in [3.05, 3.63) is 247 Å². The number of nitrogens with zero attached hydrogens (tertiary/aromatic N) is 4. The van der Waals surface area contributed by atoms with Crippen LogP contribution in [0.2, 0.25) is 0 Å². The third-order valence-corrected chi connectivity index (χ3v) is 17.3. The molecule has 0 saturated carbocycles. The minimum atomic E-state index is 0.211. The third-order valence-electron chi connectivity index (χ3n) is 17.3. The minimum absolute atomic E-state index is 0.211. The van der Waals surface area contributed by atoms with Crippen LogP contribution in [0.15, 0.2) is 231 Å². The topological polar surface area (TPSA) is 19.7 Å². The Kier molecular flexibility index (Phi) is 8.88. The van der Waals surface area contributed by atoms with Gasteiger partial charge in [0.1, 0.15) is 0 Å². The van der Waals surface area contributed by atoms with E-state index in [1.807, 2.05) is 0 Å². The van der Waals surface area contributed by atoms with E-state index in [1.54, 1.807) is 0 Å². The molecule has 358 valence electrons.